The smallest absolute Gasteiger partial charge is 0.329 e. The molecule has 0 radical (unpaired) electrons. The van der Waals surface area contributed by atoms with Gasteiger partial charge in [0.2, 0.25) is 0 Å². The maximum atomic E-state index is 11.7. The Balaban J connectivity index is 1.40. The van der Waals surface area contributed by atoms with Gasteiger partial charge in [-0.25, -0.2) is 5.43 Å². The van der Waals surface area contributed by atoms with Crippen LogP contribution in [-0.4, -0.2) is 37.3 Å². The van der Waals surface area contributed by atoms with Crippen LogP contribution in [0.1, 0.15) is 24.0 Å². The van der Waals surface area contributed by atoms with Crippen molar-refractivity contribution in [2.24, 2.45) is 5.10 Å². The van der Waals surface area contributed by atoms with Gasteiger partial charge in [0.1, 0.15) is 12.4 Å². The van der Waals surface area contributed by atoms with Gasteiger partial charge in [0.15, 0.2) is 0 Å². The lowest BCUT2D eigenvalue weighted by molar-refractivity contribution is -0.139. The van der Waals surface area contributed by atoms with Crippen molar-refractivity contribution in [1.29, 1.82) is 0 Å². The van der Waals surface area contributed by atoms with Crippen molar-refractivity contribution in [3.05, 3.63) is 64.1 Å². The summed E-state index contributed by atoms with van der Waals surface area (Å²) < 4.78 is 12.2. The maximum absolute atomic E-state index is 11.7. The second-order valence-corrected chi connectivity index (χ2v) is 7.44. The molecule has 0 spiro atoms. The number of carbonyl (C=O) groups is 2. The van der Waals surface area contributed by atoms with Crippen LogP contribution in [0.25, 0.3) is 0 Å². The molecule has 1 atom stereocenters. The summed E-state index contributed by atoms with van der Waals surface area (Å²) in [5, 5.41) is 6.35. The molecule has 0 aliphatic carbocycles. The number of rotatable bonds is 7. The predicted molar refractivity (Wildman–Crippen MR) is 113 cm³/mol. The average Bonchev–Trinajstić information content (AvgIpc) is 3.26. The van der Waals surface area contributed by atoms with Crippen LogP contribution in [0, 0.1) is 0 Å². The number of halogens is 1. The number of carbonyl (C=O) groups excluding carboxylic acids is 2. The first-order valence-electron chi connectivity index (χ1n) is 9.30. The molecule has 1 unspecified atom stereocenters. The molecular weight excluding hydrogens is 438 g/mol. The number of nitrogens with one attached hydrogen (secondary N) is 2. The molecule has 1 aliphatic heterocycles. The molecule has 0 aromatic heterocycles. The fraction of sp³-hybridized carbons (Fsp3) is 0.286. The van der Waals surface area contributed by atoms with Crippen molar-refractivity contribution in [2.45, 2.75) is 25.6 Å². The summed E-state index contributed by atoms with van der Waals surface area (Å²) in [4.78, 5) is 23.5. The van der Waals surface area contributed by atoms with Gasteiger partial charge < -0.3 is 14.8 Å². The van der Waals surface area contributed by atoms with Crippen molar-refractivity contribution < 1.29 is 19.1 Å². The lowest BCUT2D eigenvalue weighted by Gasteiger charge is -2.09. The molecule has 152 valence electrons. The van der Waals surface area contributed by atoms with E-state index in [4.69, 9.17) is 9.47 Å². The van der Waals surface area contributed by atoms with E-state index in [9.17, 15) is 9.59 Å². The molecule has 1 saturated heterocycles. The van der Waals surface area contributed by atoms with E-state index in [0.717, 1.165) is 34.2 Å². The van der Waals surface area contributed by atoms with E-state index < -0.39 is 11.8 Å². The van der Waals surface area contributed by atoms with E-state index >= 15 is 0 Å². The summed E-state index contributed by atoms with van der Waals surface area (Å²) >= 11 is 3.40. The molecule has 2 N–H and O–H groups in total. The molecule has 29 heavy (non-hydrogen) atoms. The minimum atomic E-state index is -0.811. The number of ether oxygens (including phenoxy) is 2. The van der Waals surface area contributed by atoms with Gasteiger partial charge in [-0.3, -0.25) is 9.59 Å². The zero-order chi connectivity index (χ0) is 20.5. The lowest BCUT2D eigenvalue weighted by atomic mass is 10.2. The third-order valence-electron chi connectivity index (χ3n) is 4.30. The van der Waals surface area contributed by atoms with E-state index in [-0.39, 0.29) is 6.10 Å². The Labute approximate surface area is 177 Å². The third-order valence-corrected chi connectivity index (χ3v) is 4.83. The highest BCUT2D eigenvalue weighted by atomic mass is 79.9. The summed E-state index contributed by atoms with van der Waals surface area (Å²) in [7, 11) is 0. The molecule has 2 amide bonds. The second-order valence-electron chi connectivity index (χ2n) is 6.53. The molecule has 1 heterocycles. The molecule has 3 rings (SSSR count). The van der Waals surface area contributed by atoms with Gasteiger partial charge in [0.05, 0.1) is 12.3 Å². The Morgan fingerprint density at radius 2 is 1.90 bits per heavy atom. The Hall–Kier alpha value is -2.71. The fourth-order valence-corrected chi connectivity index (χ4v) is 2.97. The minimum absolute atomic E-state index is 0.0141. The molecule has 7 nitrogen and oxygen atoms in total. The molecule has 1 fully saturated rings. The average molecular weight is 460 g/mol. The minimum Gasteiger partial charge on any atom is -0.489 e. The van der Waals surface area contributed by atoms with Gasteiger partial charge in [0, 0.05) is 17.6 Å². The van der Waals surface area contributed by atoms with E-state index in [0.29, 0.717) is 19.8 Å². The first kappa shape index (κ1) is 21.0. The zero-order valence-electron chi connectivity index (χ0n) is 15.8. The summed E-state index contributed by atoms with van der Waals surface area (Å²) in [5.41, 5.74) is 4.05. The third kappa shape index (κ3) is 6.99. The second kappa shape index (κ2) is 10.7. The Morgan fingerprint density at radius 3 is 2.59 bits per heavy atom. The molecule has 2 aromatic rings. The van der Waals surface area contributed by atoms with Gasteiger partial charge in [0.25, 0.3) is 0 Å². The quantitative estimate of drug-likeness (QED) is 0.378. The highest BCUT2D eigenvalue weighted by Crippen LogP contribution is 2.15. The lowest BCUT2D eigenvalue weighted by Crippen LogP contribution is -2.41. The van der Waals surface area contributed by atoms with Gasteiger partial charge >= 0.3 is 11.8 Å². The molecular formula is C21H22BrN3O4. The highest BCUT2D eigenvalue weighted by Gasteiger charge is 2.18. The summed E-state index contributed by atoms with van der Waals surface area (Å²) in [6, 6.07) is 15.2. The molecule has 1 aliphatic rings. The zero-order valence-corrected chi connectivity index (χ0v) is 17.4. The van der Waals surface area contributed by atoms with Crippen molar-refractivity contribution in [1.82, 2.24) is 10.7 Å². The molecule has 8 heteroatoms. The van der Waals surface area contributed by atoms with Crippen LogP contribution in [0.5, 0.6) is 5.75 Å². The first-order valence-corrected chi connectivity index (χ1v) is 10.1. The fourth-order valence-electron chi connectivity index (χ4n) is 2.71. The number of amides is 2. The van der Waals surface area contributed by atoms with Crippen molar-refractivity contribution in [2.75, 3.05) is 13.2 Å². The largest absolute Gasteiger partial charge is 0.489 e. The predicted octanol–water partition coefficient (Wildman–Crippen LogP) is 2.77. The molecule has 0 bridgehead atoms. The number of hydrogen-bond donors (Lipinski definition) is 2. The normalized spacial score (nSPS) is 16.0. The Bertz CT molecular complexity index is 847. The van der Waals surface area contributed by atoms with Gasteiger partial charge in [-0.05, 0) is 60.4 Å². The topological polar surface area (TPSA) is 89.0 Å². The van der Waals surface area contributed by atoms with Gasteiger partial charge in [-0.2, -0.15) is 5.10 Å². The Kier molecular flexibility index (Phi) is 7.77. The Morgan fingerprint density at radius 1 is 1.14 bits per heavy atom. The van der Waals surface area contributed by atoms with Gasteiger partial charge in [-0.15, -0.1) is 0 Å². The van der Waals surface area contributed by atoms with Crippen LogP contribution < -0.4 is 15.5 Å². The van der Waals surface area contributed by atoms with Crippen LogP contribution in [-0.2, 0) is 20.9 Å². The number of nitrogens with zero attached hydrogens (tertiary/aromatic N) is 1. The van der Waals surface area contributed by atoms with Crippen molar-refractivity contribution in [3.8, 4) is 5.75 Å². The van der Waals surface area contributed by atoms with Crippen LogP contribution >= 0.6 is 15.9 Å². The number of benzene rings is 2. The van der Waals surface area contributed by atoms with Crippen LogP contribution in [0.2, 0.25) is 0 Å². The standard InChI is InChI=1S/C21H22BrN3O4/c22-17-7-3-16(4-8-17)14-29-18-9-5-15(6-10-18)12-24-25-21(27)20(26)23-13-19-2-1-11-28-19/h3-10,12,19H,1-2,11,13-14H2,(H,23,26)(H,25,27). The molecule has 2 aromatic carbocycles. The number of hydrogen-bond acceptors (Lipinski definition) is 5. The summed E-state index contributed by atoms with van der Waals surface area (Å²) in [6.07, 6.45) is 3.32. The van der Waals surface area contributed by atoms with E-state index in [1.54, 1.807) is 0 Å². The van der Waals surface area contributed by atoms with E-state index in [1.165, 1.54) is 6.21 Å². The first-order chi connectivity index (χ1) is 14.1. The van der Waals surface area contributed by atoms with E-state index in [2.05, 4.69) is 31.8 Å². The number of hydrazone groups is 1. The van der Waals surface area contributed by atoms with Gasteiger partial charge in [-0.1, -0.05) is 28.1 Å². The summed E-state index contributed by atoms with van der Waals surface area (Å²) in [5.74, 6) is -0.814. The monoisotopic (exact) mass is 459 g/mol. The van der Waals surface area contributed by atoms with Crippen LogP contribution in [0.3, 0.4) is 0 Å². The SMILES string of the molecule is O=C(NCC1CCCO1)C(=O)NN=Cc1ccc(OCc2ccc(Br)cc2)cc1. The van der Waals surface area contributed by atoms with Crippen molar-refractivity contribution >= 4 is 34.0 Å². The van der Waals surface area contributed by atoms with Crippen LogP contribution in [0.4, 0.5) is 0 Å². The maximum Gasteiger partial charge on any atom is 0.329 e. The molecule has 0 saturated carbocycles. The highest BCUT2D eigenvalue weighted by molar-refractivity contribution is 9.10. The van der Waals surface area contributed by atoms with Crippen LogP contribution in [0.15, 0.2) is 58.1 Å². The van der Waals surface area contributed by atoms with Crippen molar-refractivity contribution in [3.63, 3.8) is 0 Å². The van der Waals surface area contributed by atoms with E-state index in [1.807, 2.05) is 48.5 Å². The summed E-state index contributed by atoms with van der Waals surface area (Å²) in [6.45, 7) is 1.50.